The van der Waals surface area contributed by atoms with Crippen molar-refractivity contribution < 1.29 is 22.0 Å². The molecule has 130 valence electrons. The van der Waals surface area contributed by atoms with Gasteiger partial charge in [0.25, 0.3) is 0 Å². The van der Waals surface area contributed by atoms with Crippen LogP contribution in [0.15, 0.2) is 33.9 Å². The molecular formula is C14H15ClFN3O4S. The molecule has 0 saturated carbocycles. The Bertz CT molecular complexity index is 793. The van der Waals surface area contributed by atoms with E-state index in [-0.39, 0.29) is 23.4 Å². The summed E-state index contributed by atoms with van der Waals surface area (Å²) in [7, 11) is -3.80. The summed E-state index contributed by atoms with van der Waals surface area (Å²) in [4.78, 5) is 11.0. The molecule has 0 atom stereocenters. The number of aryl methyl sites for hydroxylation is 1. The van der Waals surface area contributed by atoms with Crippen LogP contribution in [0.3, 0.4) is 0 Å². The van der Waals surface area contributed by atoms with Crippen LogP contribution in [0.2, 0.25) is 0 Å². The molecule has 0 aliphatic heterocycles. The van der Waals surface area contributed by atoms with Gasteiger partial charge in [-0.3, -0.25) is 4.79 Å². The van der Waals surface area contributed by atoms with Gasteiger partial charge >= 0.3 is 5.22 Å². The van der Waals surface area contributed by atoms with Gasteiger partial charge in [-0.25, -0.2) is 12.8 Å². The smallest absolute Gasteiger partial charge is 0.335 e. The van der Waals surface area contributed by atoms with Crippen molar-refractivity contribution in [1.82, 2.24) is 15.5 Å². The number of hydrogen-bond donors (Lipinski definition) is 1. The molecule has 24 heavy (non-hydrogen) atoms. The molecule has 0 aliphatic rings. The second-order valence-corrected chi connectivity index (χ2v) is 7.07. The van der Waals surface area contributed by atoms with E-state index in [2.05, 4.69) is 15.5 Å². The lowest BCUT2D eigenvalue weighted by molar-refractivity contribution is -0.118. The first-order valence-corrected chi connectivity index (χ1v) is 9.21. The quantitative estimate of drug-likeness (QED) is 0.553. The molecule has 0 unspecified atom stereocenters. The van der Waals surface area contributed by atoms with Crippen molar-refractivity contribution >= 4 is 27.3 Å². The maximum Gasteiger partial charge on any atom is 0.335 e. The predicted octanol–water partition coefficient (Wildman–Crippen LogP) is 1.47. The number of halogens is 2. The van der Waals surface area contributed by atoms with E-state index < -0.39 is 20.9 Å². The number of amides is 1. The molecule has 1 aromatic heterocycles. The molecule has 2 aromatic rings. The molecule has 1 amide bonds. The van der Waals surface area contributed by atoms with Gasteiger partial charge in [-0.05, 0) is 24.1 Å². The summed E-state index contributed by atoms with van der Waals surface area (Å²) in [5, 5.41) is 9.31. The third kappa shape index (κ3) is 5.27. The van der Waals surface area contributed by atoms with Gasteiger partial charge in [-0.2, -0.15) is 0 Å². The van der Waals surface area contributed by atoms with Crippen molar-refractivity contribution in [2.75, 3.05) is 12.4 Å². The average molecular weight is 376 g/mol. The third-order valence-electron chi connectivity index (χ3n) is 3.00. The highest BCUT2D eigenvalue weighted by atomic mass is 35.5. The Balaban J connectivity index is 1.93. The van der Waals surface area contributed by atoms with Gasteiger partial charge in [0.2, 0.25) is 21.6 Å². The number of nitrogens with one attached hydrogen (secondary N) is 1. The third-order valence-corrected chi connectivity index (χ3v) is 4.65. The first-order valence-electron chi connectivity index (χ1n) is 7.03. The molecule has 0 aliphatic carbocycles. The van der Waals surface area contributed by atoms with Gasteiger partial charge in [0.1, 0.15) is 11.7 Å². The highest BCUT2D eigenvalue weighted by Crippen LogP contribution is 2.16. The minimum atomic E-state index is -3.80. The van der Waals surface area contributed by atoms with Crippen LogP contribution in [0.4, 0.5) is 4.39 Å². The van der Waals surface area contributed by atoms with Gasteiger partial charge in [-0.15, -0.1) is 16.7 Å². The summed E-state index contributed by atoms with van der Waals surface area (Å²) < 4.78 is 42.4. The molecule has 0 fully saturated rings. The van der Waals surface area contributed by atoms with E-state index in [4.69, 9.17) is 16.0 Å². The number of nitrogens with zero attached hydrogens (tertiary/aromatic N) is 2. The molecule has 1 N–H and O–H groups in total. The van der Waals surface area contributed by atoms with E-state index in [0.717, 1.165) is 0 Å². The number of hydrogen-bond acceptors (Lipinski definition) is 6. The average Bonchev–Trinajstić information content (AvgIpc) is 3.03. The first-order chi connectivity index (χ1) is 11.4. The molecule has 0 spiro atoms. The molecule has 2 rings (SSSR count). The molecular weight excluding hydrogens is 361 g/mol. The maximum atomic E-state index is 12.8. The summed E-state index contributed by atoms with van der Waals surface area (Å²) >= 11 is 5.34. The van der Waals surface area contributed by atoms with E-state index >= 15 is 0 Å². The zero-order valence-corrected chi connectivity index (χ0v) is 14.1. The van der Waals surface area contributed by atoms with Crippen molar-refractivity contribution in [2.45, 2.75) is 23.8 Å². The largest absolute Gasteiger partial charge is 0.413 e. The monoisotopic (exact) mass is 375 g/mol. The Kier molecular flexibility index (Phi) is 6.27. The fraction of sp³-hybridized carbons (Fsp3) is 0.357. The lowest BCUT2D eigenvalue weighted by Gasteiger charge is -2.01. The van der Waals surface area contributed by atoms with Crippen molar-refractivity contribution in [3.8, 4) is 0 Å². The summed E-state index contributed by atoms with van der Waals surface area (Å²) in [5.74, 6) is -1.05. The van der Waals surface area contributed by atoms with Crippen LogP contribution in [0.5, 0.6) is 0 Å². The molecule has 7 nitrogen and oxygen atoms in total. The van der Waals surface area contributed by atoms with Crippen molar-refractivity contribution in [3.05, 3.63) is 41.5 Å². The Morgan fingerprint density at radius 3 is 2.62 bits per heavy atom. The number of sulfone groups is 1. The Morgan fingerprint density at radius 2 is 1.96 bits per heavy atom. The molecule has 0 radical (unpaired) electrons. The van der Waals surface area contributed by atoms with Crippen molar-refractivity contribution in [2.24, 2.45) is 0 Å². The Labute approximate surface area is 143 Å². The predicted molar refractivity (Wildman–Crippen MR) is 83.6 cm³/mol. The van der Waals surface area contributed by atoms with E-state index in [1.54, 1.807) is 0 Å². The lowest BCUT2D eigenvalue weighted by atomic mass is 10.2. The van der Waals surface area contributed by atoms with Crippen LogP contribution < -0.4 is 5.32 Å². The summed E-state index contributed by atoms with van der Waals surface area (Å²) in [6.07, 6.45) is 0.823. The highest BCUT2D eigenvalue weighted by Gasteiger charge is 2.23. The van der Waals surface area contributed by atoms with Crippen LogP contribution >= 0.6 is 11.6 Å². The number of aromatic nitrogens is 2. The number of benzene rings is 1. The second kappa shape index (κ2) is 8.20. The van der Waals surface area contributed by atoms with Crippen molar-refractivity contribution in [1.29, 1.82) is 0 Å². The fourth-order valence-corrected chi connectivity index (χ4v) is 3.08. The highest BCUT2D eigenvalue weighted by molar-refractivity contribution is 7.90. The van der Waals surface area contributed by atoms with Gasteiger partial charge < -0.3 is 9.73 Å². The normalized spacial score (nSPS) is 11.4. The topological polar surface area (TPSA) is 102 Å². The minimum Gasteiger partial charge on any atom is -0.413 e. The lowest BCUT2D eigenvalue weighted by Crippen LogP contribution is -2.25. The van der Waals surface area contributed by atoms with Crippen LogP contribution in [-0.2, 0) is 26.8 Å². The van der Waals surface area contributed by atoms with Gasteiger partial charge in [0.05, 0.1) is 5.75 Å². The van der Waals surface area contributed by atoms with Crippen molar-refractivity contribution in [3.63, 3.8) is 0 Å². The van der Waals surface area contributed by atoms with Gasteiger partial charge in [-0.1, -0.05) is 17.2 Å². The minimum absolute atomic E-state index is 0.119. The number of carbonyl (C=O) groups is 1. The first kappa shape index (κ1) is 18.3. The summed E-state index contributed by atoms with van der Waals surface area (Å²) in [6.45, 7) is 0.367. The van der Waals surface area contributed by atoms with Crippen LogP contribution in [0, 0.1) is 5.82 Å². The van der Waals surface area contributed by atoms with Gasteiger partial charge in [0.15, 0.2) is 0 Å². The molecule has 1 aromatic carbocycles. The van der Waals surface area contributed by atoms with E-state index in [9.17, 15) is 17.6 Å². The molecule has 1 heterocycles. The fourth-order valence-electron chi connectivity index (χ4n) is 1.84. The standard InChI is InChI=1S/C14H15ClFN3O4S/c15-8-12(20)17-7-1-2-13-18-19-14(23-13)24(21,22)9-10-3-5-11(16)6-4-10/h3-6H,1-2,7-9H2,(H,17,20). The number of alkyl halides is 1. The van der Waals surface area contributed by atoms with Crippen LogP contribution in [0.1, 0.15) is 17.9 Å². The molecule has 10 heteroatoms. The number of carbonyl (C=O) groups excluding carboxylic acids is 1. The zero-order chi connectivity index (χ0) is 17.6. The molecule has 0 bridgehead atoms. The number of rotatable bonds is 8. The van der Waals surface area contributed by atoms with E-state index in [1.807, 2.05) is 0 Å². The Morgan fingerprint density at radius 1 is 1.25 bits per heavy atom. The van der Waals surface area contributed by atoms with E-state index in [1.165, 1.54) is 24.3 Å². The summed E-state index contributed by atoms with van der Waals surface area (Å²) in [6, 6.07) is 5.12. The summed E-state index contributed by atoms with van der Waals surface area (Å²) in [5.41, 5.74) is 0.417. The molecule has 0 saturated heterocycles. The second-order valence-electron chi connectivity index (χ2n) is 4.93. The van der Waals surface area contributed by atoms with E-state index in [0.29, 0.717) is 24.9 Å². The van der Waals surface area contributed by atoms with Gasteiger partial charge in [0, 0.05) is 13.0 Å². The Hall–Kier alpha value is -2.00. The van der Waals surface area contributed by atoms with Crippen LogP contribution in [0.25, 0.3) is 0 Å². The zero-order valence-electron chi connectivity index (χ0n) is 12.5. The maximum absolute atomic E-state index is 12.8. The SMILES string of the molecule is O=C(CCl)NCCCc1nnc(S(=O)(=O)Cc2ccc(F)cc2)o1. The van der Waals surface area contributed by atoms with Crippen LogP contribution in [-0.4, -0.2) is 36.9 Å².